The lowest BCUT2D eigenvalue weighted by Gasteiger charge is -2.33. The number of nitrogens with zero attached hydrogens (tertiary/aromatic N) is 4. The second-order valence-corrected chi connectivity index (χ2v) is 11.1. The second kappa shape index (κ2) is 9.39. The van der Waals surface area contributed by atoms with Crippen molar-refractivity contribution in [1.29, 1.82) is 0 Å². The number of aromatic nitrogens is 4. The Morgan fingerprint density at radius 1 is 0.895 bits per heavy atom. The molecule has 2 heterocycles. The minimum atomic E-state index is -3.98. The van der Waals surface area contributed by atoms with Crippen molar-refractivity contribution < 1.29 is 8.42 Å². The van der Waals surface area contributed by atoms with Gasteiger partial charge in [0, 0.05) is 23.9 Å². The molecule has 0 amide bonds. The smallest absolute Gasteiger partial charge is 0.283 e. The van der Waals surface area contributed by atoms with Crippen LogP contribution in [-0.4, -0.2) is 27.6 Å². The maximum absolute atomic E-state index is 14.0. The van der Waals surface area contributed by atoms with E-state index < -0.39 is 15.4 Å². The fourth-order valence-electron chi connectivity index (χ4n) is 4.90. The molecule has 0 aliphatic heterocycles. The maximum Gasteiger partial charge on any atom is 0.283 e. The molecule has 188 valence electrons. The van der Waals surface area contributed by atoms with Crippen LogP contribution >= 0.6 is 0 Å². The van der Waals surface area contributed by atoms with Crippen molar-refractivity contribution in [3.63, 3.8) is 0 Å². The third-order valence-corrected chi connectivity index (χ3v) is 8.50. The first-order valence-corrected chi connectivity index (χ1v) is 13.7. The molecule has 6 rings (SSSR count). The largest absolute Gasteiger partial charge is 0.338 e. The fraction of sp³-hybridized carbons (Fsp3) is 0.100. The van der Waals surface area contributed by atoms with Gasteiger partial charge in [0.25, 0.3) is 10.0 Å². The molecule has 1 aliphatic rings. The van der Waals surface area contributed by atoms with Crippen molar-refractivity contribution in [2.24, 2.45) is 0 Å². The Morgan fingerprint density at radius 3 is 2.29 bits per heavy atom. The van der Waals surface area contributed by atoms with E-state index in [1.807, 2.05) is 79.7 Å². The predicted molar refractivity (Wildman–Crippen MR) is 148 cm³/mol. The molecule has 0 saturated carbocycles. The fourth-order valence-corrected chi connectivity index (χ4v) is 6.22. The number of rotatable bonds is 6. The van der Waals surface area contributed by atoms with Gasteiger partial charge in [-0.15, -0.1) is 5.10 Å². The molecule has 7 nitrogen and oxygen atoms in total. The van der Waals surface area contributed by atoms with Crippen LogP contribution in [0.3, 0.4) is 0 Å². The molecule has 3 aromatic carbocycles. The van der Waals surface area contributed by atoms with Crippen molar-refractivity contribution >= 4 is 27.6 Å². The number of hydrogen-bond donors (Lipinski definition) is 1. The average Bonchev–Trinajstić information content (AvgIpc) is 3.32. The first-order chi connectivity index (χ1) is 18.5. The minimum Gasteiger partial charge on any atom is -0.338 e. The molecular formula is C30H25N5O2S. The molecule has 8 heteroatoms. The summed E-state index contributed by atoms with van der Waals surface area (Å²) in [5.74, 6) is 0.475. The van der Waals surface area contributed by atoms with Gasteiger partial charge in [0.05, 0.1) is 21.7 Å². The molecule has 0 bridgehead atoms. The monoisotopic (exact) mass is 519 g/mol. The molecule has 0 fully saturated rings. The lowest BCUT2D eigenvalue weighted by atomic mass is 9.71. The van der Waals surface area contributed by atoms with E-state index in [4.69, 9.17) is 0 Å². The zero-order chi connectivity index (χ0) is 26.2. The van der Waals surface area contributed by atoms with Gasteiger partial charge in [-0.3, -0.25) is 0 Å². The van der Waals surface area contributed by atoms with Crippen LogP contribution in [0.2, 0.25) is 0 Å². The van der Waals surface area contributed by atoms with Gasteiger partial charge in [0.2, 0.25) is 0 Å². The Kier molecular flexibility index (Phi) is 5.88. The van der Waals surface area contributed by atoms with Gasteiger partial charge >= 0.3 is 0 Å². The van der Waals surface area contributed by atoms with Crippen molar-refractivity contribution in [2.75, 3.05) is 5.32 Å². The Bertz CT molecular complexity index is 1680. The van der Waals surface area contributed by atoms with Gasteiger partial charge in [-0.25, -0.2) is 9.97 Å². The molecule has 0 saturated heterocycles. The summed E-state index contributed by atoms with van der Waals surface area (Å²) in [4.78, 5) is 8.89. The number of fused-ring (bicyclic) bond motifs is 1. The van der Waals surface area contributed by atoms with Crippen LogP contribution in [0.25, 0.3) is 6.08 Å². The highest BCUT2D eigenvalue weighted by Gasteiger charge is 2.40. The highest BCUT2D eigenvalue weighted by molar-refractivity contribution is 7.89. The molecule has 1 aliphatic carbocycles. The number of hydrogen-bond acceptors (Lipinski definition) is 6. The number of para-hydroxylation sites is 1. The summed E-state index contributed by atoms with van der Waals surface area (Å²) in [6.07, 6.45) is 7.61. The molecule has 0 radical (unpaired) electrons. The van der Waals surface area contributed by atoms with Crippen LogP contribution in [0.4, 0.5) is 11.5 Å². The van der Waals surface area contributed by atoms with Gasteiger partial charge in [-0.1, -0.05) is 78.4 Å². The van der Waals surface area contributed by atoms with Crippen molar-refractivity contribution in [2.45, 2.75) is 23.7 Å². The SMILES string of the molecule is Cc1ccc(S(=O)(=O)n2nc(Nc3ccccc3)c3c2CC(c2ccccc2)(c2ccncn2)C=C3)cc1. The molecule has 38 heavy (non-hydrogen) atoms. The summed E-state index contributed by atoms with van der Waals surface area (Å²) >= 11 is 0. The van der Waals surface area contributed by atoms with Gasteiger partial charge in [0.1, 0.15) is 6.33 Å². The summed E-state index contributed by atoms with van der Waals surface area (Å²) in [5.41, 5.74) is 4.17. The quantitative estimate of drug-likeness (QED) is 0.318. The predicted octanol–water partition coefficient (Wildman–Crippen LogP) is 5.52. The number of allylic oxidation sites excluding steroid dienone is 1. The third kappa shape index (κ3) is 4.09. The number of benzene rings is 3. The number of aryl methyl sites for hydroxylation is 1. The molecule has 1 atom stereocenters. The lowest BCUT2D eigenvalue weighted by Crippen LogP contribution is -2.33. The van der Waals surface area contributed by atoms with Gasteiger partial charge < -0.3 is 5.32 Å². The highest BCUT2D eigenvalue weighted by atomic mass is 32.2. The average molecular weight is 520 g/mol. The third-order valence-electron chi connectivity index (χ3n) is 6.88. The maximum atomic E-state index is 14.0. The topological polar surface area (TPSA) is 89.8 Å². The number of anilines is 2. The molecule has 1 N–H and O–H groups in total. The van der Waals surface area contributed by atoms with Gasteiger partial charge in [-0.05, 0) is 42.8 Å². The first-order valence-electron chi connectivity index (χ1n) is 12.2. The zero-order valence-electron chi connectivity index (χ0n) is 20.7. The van der Waals surface area contributed by atoms with Crippen LogP contribution in [0, 0.1) is 6.92 Å². The summed E-state index contributed by atoms with van der Waals surface area (Å²) in [5, 5.41) is 7.96. The van der Waals surface area contributed by atoms with E-state index >= 15 is 0 Å². The second-order valence-electron chi connectivity index (χ2n) is 9.30. The van der Waals surface area contributed by atoms with Crippen LogP contribution in [0.5, 0.6) is 0 Å². The van der Waals surface area contributed by atoms with Crippen LogP contribution in [0.15, 0.2) is 114 Å². The molecule has 0 spiro atoms. The van der Waals surface area contributed by atoms with E-state index in [-0.39, 0.29) is 4.90 Å². The van der Waals surface area contributed by atoms with Crippen molar-refractivity contribution in [1.82, 2.24) is 19.2 Å². The summed E-state index contributed by atoms with van der Waals surface area (Å²) in [7, 11) is -3.98. The molecule has 1 unspecified atom stereocenters. The van der Waals surface area contributed by atoms with Crippen molar-refractivity contribution in [3.8, 4) is 0 Å². The van der Waals surface area contributed by atoms with E-state index in [9.17, 15) is 8.42 Å². The van der Waals surface area contributed by atoms with Crippen LogP contribution < -0.4 is 5.32 Å². The van der Waals surface area contributed by atoms with E-state index in [0.29, 0.717) is 17.9 Å². The van der Waals surface area contributed by atoms with E-state index in [0.717, 1.165) is 28.1 Å². The highest BCUT2D eigenvalue weighted by Crippen LogP contribution is 2.43. The Hall–Kier alpha value is -4.56. The Morgan fingerprint density at radius 2 is 1.61 bits per heavy atom. The summed E-state index contributed by atoms with van der Waals surface area (Å²) in [6.45, 7) is 1.93. The molecular weight excluding hydrogens is 494 g/mol. The molecule has 5 aromatic rings. The normalized spacial score (nSPS) is 16.7. The van der Waals surface area contributed by atoms with Gasteiger partial charge in [0.15, 0.2) is 5.82 Å². The first kappa shape index (κ1) is 23.8. The zero-order valence-corrected chi connectivity index (χ0v) is 21.5. The van der Waals surface area contributed by atoms with Crippen LogP contribution in [0.1, 0.15) is 28.1 Å². The van der Waals surface area contributed by atoms with E-state index in [1.54, 1.807) is 30.5 Å². The number of nitrogens with one attached hydrogen (secondary N) is 1. The van der Waals surface area contributed by atoms with E-state index in [1.165, 1.54) is 10.4 Å². The van der Waals surface area contributed by atoms with Crippen molar-refractivity contribution in [3.05, 3.63) is 138 Å². The standard InChI is InChI=1S/C30H25N5O2S/c1-22-12-14-25(15-13-22)38(36,37)35-27-20-30(23-8-4-2-5-9-23,28-17-19-31-21-32-28)18-16-26(27)29(34-35)33-24-10-6-3-7-11-24/h2-19,21H,20H2,1H3,(H,33,34). The van der Waals surface area contributed by atoms with Crippen LogP contribution in [-0.2, 0) is 21.9 Å². The minimum absolute atomic E-state index is 0.182. The lowest BCUT2D eigenvalue weighted by molar-refractivity contribution is 0.560. The Labute approximate surface area is 221 Å². The molecule has 2 aromatic heterocycles. The summed E-state index contributed by atoms with van der Waals surface area (Å²) < 4.78 is 29.2. The summed E-state index contributed by atoms with van der Waals surface area (Å²) in [6, 6.07) is 28.3. The van der Waals surface area contributed by atoms with Gasteiger partial charge in [-0.2, -0.15) is 12.5 Å². The van der Waals surface area contributed by atoms with E-state index in [2.05, 4.69) is 26.5 Å². The Balaban J connectivity index is 1.57.